The minimum absolute atomic E-state index is 1.18. The molecule has 0 N–H and O–H groups in total. The molecule has 0 atom stereocenters. The van der Waals surface area contributed by atoms with Crippen LogP contribution in [-0.4, -0.2) is 4.98 Å². The Morgan fingerprint density at radius 1 is 0.900 bits per heavy atom. The second-order valence-corrected chi connectivity index (χ2v) is 6.31. The van der Waals surface area contributed by atoms with E-state index in [1.165, 1.54) is 32.3 Å². The minimum Gasteiger partial charge on any atom is -0.264 e. The number of rotatable bonds is 2. The maximum atomic E-state index is 4.21. The van der Waals surface area contributed by atoms with Crippen LogP contribution in [-0.2, 0) is 0 Å². The summed E-state index contributed by atoms with van der Waals surface area (Å²) >= 11 is 3.53. The molecule has 1 aromatic carbocycles. The van der Waals surface area contributed by atoms with Crippen molar-refractivity contribution >= 4 is 32.8 Å². The van der Waals surface area contributed by atoms with E-state index in [1.54, 1.807) is 22.7 Å². The van der Waals surface area contributed by atoms with Crippen molar-refractivity contribution in [2.45, 2.75) is 0 Å². The van der Waals surface area contributed by atoms with Gasteiger partial charge in [-0.3, -0.25) is 4.98 Å². The Balaban J connectivity index is 1.87. The van der Waals surface area contributed by atoms with Crippen molar-refractivity contribution < 1.29 is 0 Å². The average molecular weight is 293 g/mol. The van der Waals surface area contributed by atoms with Gasteiger partial charge in [0, 0.05) is 33.6 Å². The SMILES string of the molecule is c1cncc(-c2csc3cc(-c4ccsc4)ccc23)c1. The summed E-state index contributed by atoms with van der Waals surface area (Å²) in [6, 6.07) is 13.0. The van der Waals surface area contributed by atoms with Crippen LogP contribution in [0.25, 0.3) is 32.3 Å². The lowest BCUT2D eigenvalue weighted by molar-refractivity contribution is 1.33. The van der Waals surface area contributed by atoms with E-state index < -0.39 is 0 Å². The maximum absolute atomic E-state index is 4.21. The van der Waals surface area contributed by atoms with Crippen LogP contribution in [0.4, 0.5) is 0 Å². The molecular formula is C17H11NS2. The van der Waals surface area contributed by atoms with Crippen molar-refractivity contribution in [3.05, 3.63) is 64.9 Å². The van der Waals surface area contributed by atoms with E-state index in [-0.39, 0.29) is 0 Å². The number of aromatic nitrogens is 1. The predicted molar refractivity (Wildman–Crippen MR) is 88.4 cm³/mol. The number of pyridine rings is 1. The molecular weight excluding hydrogens is 282 g/mol. The molecule has 0 radical (unpaired) electrons. The molecule has 0 spiro atoms. The molecule has 3 heteroatoms. The highest BCUT2D eigenvalue weighted by atomic mass is 32.1. The Labute approximate surface area is 125 Å². The Kier molecular flexibility index (Phi) is 2.87. The van der Waals surface area contributed by atoms with Gasteiger partial charge in [-0.1, -0.05) is 18.2 Å². The number of thiophene rings is 2. The summed E-state index contributed by atoms with van der Waals surface area (Å²) in [7, 11) is 0. The fourth-order valence-electron chi connectivity index (χ4n) is 2.38. The first-order valence-corrected chi connectivity index (χ1v) is 8.18. The average Bonchev–Trinajstić information content (AvgIpc) is 3.17. The third kappa shape index (κ3) is 1.96. The van der Waals surface area contributed by atoms with Gasteiger partial charge >= 0.3 is 0 Å². The molecule has 3 aromatic heterocycles. The number of nitrogens with zero attached hydrogens (tertiary/aromatic N) is 1. The van der Waals surface area contributed by atoms with Gasteiger partial charge in [-0.05, 0) is 45.5 Å². The standard InChI is InChI=1S/C17H11NS2/c1-2-13(9-18-6-1)16-11-20-17-8-12(3-4-15(16)17)14-5-7-19-10-14/h1-11H. The molecule has 0 aliphatic carbocycles. The number of benzene rings is 1. The van der Waals surface area contributed by atoms with Gasteiger partial charge in [0.2, 0.25) is 0 Å². The molecule has 1 nitrogen and oxygen atoms in total. The zero-order valence-electron chi connectivity index (χ0n) is 10.6. The van der Waals surface area contributed by atoms with Gasteiger partial charge in [-0.15, -0.1) is 11.3 Å². The third-order valence-corrected chi connectivity index (χ3v) is 5.03. The summed E-state index contributed by atoms with van der Waals surface area (Å²) in [5, 5.41) is 7.84. The van der Waals surface area contributed by atoms with Gasteiger partial charge in [0.15, 0.2) is 0 Å². The molecule has 0 unspecified atom stereocenters. The molecule has 20 heavy (non-hydrogen) atoms. The molecule has 0 saturated carbocycles. The number of hydrogen-bond donors (Lipinski definition) is 0. The first-order chi connectivity index (χ1) is 9.92. The Morgan fingerprint density at radius 2 is 1.90 bits per heavy atom. The molecule has 96 valence electrons. The van der Waals surface area contributed by atoms with E-state index >= 15 is 0 Å². The number of fused-ring (bicyclic) bond motifs is 1. The van der Waals surface area contributed by atoms with E-state index in [0.29, 0.717) is 0 Å². The first-order valence-electron chi connectivity index (χ1n) is 6.36. The molecule has 0 fully saturated rings. The smallest absolute Gasteiger partial charge is 0.0355 e. The van der Waals surface area contributed by atoms with Crippen LogP contribution < -0.4 is 0 Å². The van der Waals surface area contributed by atoms with Gasteiger partial charge in [0.05, 0.1) is 0 Å². The molecule has 4 rings (SSSR count). The Hall–Kier alpha value is -1.97. The lowest BCUT2D eigenvalue weighted by atomic mass is 10.0. The minimum atomic E-state index is 1.18. The zero-order valence-corrected chi connectivity index (χ0v) is 12.2. The van der Waals surface area contributed by atoms with Crippen LogP contribution in [0.3, 0.4) is 0 Å². The fraction of sp³-hybridized carbons (Fsp3) is 0. The van der Waals surface area contributed by atoms with E-state index in [2.05, 4.69) is 51.5 Å². The summed E-state index contributed by atoms with van der Waals surface area (Å²) in [5.74, 6) is 0. The molecule has 3 heterocycles. The van der Waals surface area contributed by atoms with E-state index in [4.69, 9.17) is 0 Å². The number of hydrogen-bond acceptors (Lipinski definition) is 3. The highest BCUT2D eigenvalue weighted by Crippen LogP contribution is 2.36. The Bertz CT molecular complexity index is 845. The first kappa shape index (κ1) is 11.8. The van der Waals surface area contributed by atoms with Crippen LogP contribution in [0.5, 0.6) is 0 Å². The van der Waals surface area contributed by atoms with Gasteiger partial charge in [-0.2, -0.15) is 11.3 Å². The van der Waals surface area contributed by atoms with Gasteiger partial charge in [0.1, 0.15) is 0 Å². The highest BCUT2D eigenvalue weighted by molar-refractivity contribution is 7.17. The van der Waals surface area contributed by atoms with Crippen molar-refractivity contribution in [3.63, 3.8) is 0 Å². The van der Waals surface area contributed by atoms with Crippen molar-refractivity contribution in [1.29, 1.82) is 0 Å². The maximum Gasteiger partial charge on any atom is 0.0355 e. The van der Waals surface area contributed by atoms with Gasteiger partial charge < -0.3 is 0 Å². The van der Waals surface area contributed by atoms with Crippen LogP contribution in [0.2, 0.25) is 0 Å². The normalized spacial score (nSPS) is 11.0. The molecule has 0 saturated heterocycles. The van der Waals surface area contributed by atoms with Crippen LogP contribution >= 0.6 is 22.7 Å². The fourth-order valence-corrected chi connectivity index (χ4v) is 4.06. The van der Waals surface area contributed by atoms with E-state index in [1.807, 2.05) is 18.5 Å². The summed E-state index contributed by atoms with van der Waals surface area (Å²) in [4.78, 5) is 4.21. The third-order valence-electron chi connectivity index (χ3n) is 3.40. The van der Waals surface area contributed by atoms with E-state index in [9.17, 15) is 0 Å². The Morgan fingerprint density at radius 3 is 2.70 bits per heavy atom. The molecule has 0 aliphatic rings. The van der Waals surface area contributed by atoms with Crippen molar-refractivity contribution in [3.8, 4) is 22.3 Å². The summed E-state index contributed by atoms with van der Waals surface area (Å²) in [6.45, 7) is 0. The lowest BCUT2D eigenvalue weighted by Crippen LogP contribution is -1.77. The van der Waals surface area contributed by atoms with Crippen LogP contribution in [0.15, 0.2) is 64.9 Å². The van der Waals surface area contributed by atoms with Gasteiger partial charge in [-0.25, -0.2) is 0 Å². The molecule has 0 aliphatic heterocycles. The monoisotopic (exact) mass is 293 g/mol. The topological polar surface area (TPSA) is 12.9 Å². The molecule has 0 bridgehead atoms. The van der Waals surface area contributed by atoms with Crippen molar-refractivity contribution in [2.24, 2.45) is 0 Å². The summed E-state index contributed by atoms with van der Waals surface area (Å²) in [5.41, 5.74) is 5.04. The van der Waals surface area contributed by atoms with Crippen molar-refractivity contribution in [1.82, 2.24) is 4.98 Å². The van der Waals surface area contributed by atoms with E-state index in [0.717, 1.165) is 0 Å². The zero-order chi connectivity index (χ0) is 13.4. The second-order valence-electron chi connectivity index (χ2n) is 4.61. The summed E-state index contributed by atoms with van der Waals surface area (Å²) < 4.78 is 1.33. The highest BCUT2D eigenvalue weighted by Gasteiger charge is 2.08. The molecule has 0 amide bonds. The van der Waals surface area contributed by atoms with Gasteiger partial charge in [0.25, 0.3) is 0 Å². The predicted octanol–water partition coefficient (Wildman–Crippen LogP) is 5.69. The largest absolute Gasteiger partial charge is 0.264 e. The van der Waals surface area contributed by atoms with Crippen molar-refractivity contribution in [2.75, 3.05) is 0 Å². The second kappa shape index (κ2) is 4.85. The lowest BCUT2D eigenvalue weighted by Gasteiger charge is -2.01. The quantitative estimate of drug-likeness (QED) is 0.462. The van der Waals surface area contributed by atoms with Crippen LogP contribution in [0.1, 0.15) is 0 Å². The molecule has 4 aromatic rings. The summed E-state index contributed by atoms with van der Waals surface area (Å²) in [6.07, 6.45) is 3.74. The van der Waals surface area contributed by atoms with Crippen LogP contribution in [0, 0.1) is 0 Å².